The fourth-order valence-electron chi connectivity index (χ4n) is 0.867. The van der Waals surface area contributed by atoms with E-state index < -0.39 is 0 Å². The van der Waals surface area contributed by atoms with Gasteiger partial charge in [0.25, 0.3) is 0 Å². The molecule has 0 atom stereocenters. The molecule has 0 amide bonds. The van der Waals surface area contributed by atoms with Gasteiger partial charge in [-0.2, -0.15) is 0 Å². The second-order valence-corrected chi connectivity index (χ2v) is 3.16. The van der Waals surface area contributed by atoms with Gasteiger partial charge >= 0.3 is 0 Å². The fourth-order valence-corrected chi connectivity index (χ4v) is 1.24. The van der Waals surface area contributed by atoms with Gasteiger partial charge in [-0.1, -0.05) is 11.8 Å². The van der Waals surface area contributed by atoms with E-state index in [2.05, 4.69) is 15.3 Å². The molecule has 0 saturated heterocycles. The number of rotatable bonds is 4. The largest absolute Gasteiger partial charge is 0.319 e. The van der Waals surface area contributed by atoms with Crippen LogP contribution >= 0.6 is 11.8 Å². The summed E-state index contributed by atoms with van der Waals surface area (Å²) in [4.78, 5) is 8.44. The summed E-state index contributed by atoms with van der Waals surface area (Å²) in [5.41, 5.74) is 1.10. The van der Waals surface area contributed by atoms with E-state index in [1.54, 1.807) is 11.8 Å². The Morgan fingerprint density at radius 2 is 2.42 bits per heavy atom. The zero-order valence-corrected chi connectivity index (χ0v) is 8.19. The van der Waals surface area contributed by atoms with E-state index >= 15 is 0 Å². The molecule has 1 aromatic heterocycles. The highest BCUT2D eigenvalue weighted by molar-refractivity contribution is 7.98. The minimum absolute atomic E-state index is 0.851. The van der Waals surface area contributed by atoms with Crippen LogP contribution < -0.4 is 5.32 Å². The van der Waals surface area contributed by atoms with E-state index in [1.165, 1.54) is 0 Å². The molecule has 3 nitrogen and oxygen atoms in total. The van der Waals surface area contributed by atoms with Crippen LogP contribution in [0.2, 0.25) is 0 Å². The summed E-state index contributed by atoms with van der Waals surface area (Å²) in [6, 6.07) is 1.96. The highest BCUT2D eigenvalue weighted by Gasteiger charge is 1.96. The Labute approximate surface area is 77.0 Å². The van der Waals surface area contributed by atoms with Gasteiger partial charge in [0, 0.05) is 24.9 Å². The third kappa shape index (κ3) is 2.79. The second kappa shape index (κ2) is 5.11. The minimum Gasteiger partial charge on any atom is -0.319 e. The van der Waals surface area contributed by atoms with Crippen molar-refractivity contribution in [3.05, 3.63) is 18.0 Å². The SMILES string of the molecule is CNCCc1ccnc(SC)n1. The van der Waals surface area contributed by atoms with Crippen molar-refractivity contribution in [2.45, 2.75) is 11.6 Å². The average Bonchev–Trinajstić information content (AvgIpc) is 2.15. The fraction of sp³-hybridized carbons (Fsp3) is 0.500. The van der Waals surface area contributed by atoms with E-state index in [0.717, 1.165) is 23.8 Å². The van der Waals surface area contributed by atoms with Crippen LogP contribution in [0.1, 0.15) is 5.69 Å². The van der Waals surface area contributed by atoms with Gasteiger partial charge in [0.1, 0.15) is 0 Å². The number of hydrogen-bond donors (Lipinski definition) is 1. The van der Waals surface area contributed by atoms with Crippen LogP contribution in [0.3, 0.4) is 0 Å². The molecule has 1 heterocycles. The first-order valence-corrected chi connectivity index (χ1v) is 5.10. The van der Waals surface area contributed by atoms with Gasteiger partial charge < -0.3 is 5.32 Å². The lowest BCUT2D eigenvalue weighted by molar-refractivity contribution is 0.759. The first-order chi connectivity index (χ1) is 5.86. The number of thioether (sulfide) groups is 1. The summed E-state index contributed by atoms with van der Waals surface area (Å²) in [6.07, 6.45) is 4.76. The lowest BCUT2D eigenvalue weighted by atomic mass is 10.3. The van der Waals surface area contributed by atoms with Crippen molar-refractivity contribution >= 4 is 11.8 Å². The van der Waals surface area contributed by atoms with Gasteiger partial charge in [0.05, 0.1) is 0 Å². The molecule has 0 aliphatic rings. The van der Waals surface area contributed by atoms with E-state index in [4.69, 9.17) is 0 Å². The molecular weight excluding hydrogens is 170 g/mol. The molecule has 0 saturated carbocycles. The van der Waals surface area contributed by atoms with Gasteiger partial charge in [-0.05, 0) is 19.4 Å². The van der Waals surface area contributed by atoms with E-state index in [0.29, 0.717) is 0 Å². The van der Waals surface area contributed by atoms with Crippen LogP contribution in [-0.4, -0.2) is 29.8 Å². The third-order valence-electron chi connectivity index (χ3n) is 1.50. The van der Waals surface area contributed by atoms with Crippen LogP contribution in [-0.2, 0) is 6.42 Å². The van der Waals surface area contributed by atoms with Gasteiger partial charge in [-0.15, -0.1) is 0 Å². The standard InChI is InChI=1S/C8H13N3S/c1-9-5-3-7-4-6-10-8(11-7)12-2/h4,6,9H,3,5H2,1-2H3. The zero-order chi connectivity index (χ0) is 8.81. The monoisotopic (exact) mass is 183 g/mol. The lowest BCUT2D eigenvalue weighted by Gasteiger charge is -2.00. The molecular formula is C8H13N3S. The molecule has 0 aliphatic heterocycles. The summed E-state index contributed by atoms with van der Waals surface area (Å²) in [5.74, 6) is 0. The Kier molecular flexibility index (Phi) is 4.04. The maximum absolute atomic E-state index is 4.34. The quantitative estimate of drug-likeness (QED) is 0.557. The van der Waals surface area contributed by atoms with Crippen molar-refractivity contribution in [2.24, 2.45) is 0 Å². The van der Waals surface area contributed by atoms with Crippen molar-refractivity contribution in [1.82, 2.24) is 15.3 Å². The molecule has 1 N–H and O–H groups in total. The van der Waals surface area contributed by atoms with Crippen molar-refractivity contribution in [1.29, 1.82) is 0 Å². The average molecular weight is 183 g/mol. The smallest absolute Gasteiger partial charge is 0.187 e. The molecule has 0 spiro atoms. The van der Waals surface area contributed by atoms with Crippen LogP contribution in [0, 0.1) is 0 Å². The molecule has 0 bridgehead atoms. The van der Waals surface area contributed by atoms with Crippen LogP contribution in [0.25, 0.3) is 0 Å². The summed E-state index contributed by atoms with van der Waals surface area (Å²) >= 11 is 1.57. The Bertz CT molecular complexity index is 239. The van der Waals surface area contributed by atoms with Crippen molar-refractivity contribution in [3.63, 3.8) is 0 Å². The number of aromatic nitrogens is 2. The molecule has 4 heteroatoms. The minimum atomic E-state index is 0.851. The van der Waals surface area contributed by atoms with Crippen molar-refractivity contribution < 1.29 is 0 Å². The van der Waals surface area contributed by atoms with Crippen molar-refractivity contribution in [3.8, 4) is 0 Å². The highest BCUT2D eigenvalue weighted by Crippen LogP contribution is 2.07. The van der Waals surface area contributed by atoms with Gasteiger partial charge in [-0.3, -0.25) is 0 Å². The van der Waals surface area contributed by atoms with Gasteiger partial charge in [-0.25, -0.2) is 9.97 Å². The van der Waals surface area contributed by atoms with Crippen LogP contribution in [0.4, 0.5) is 0 Å². The highest BCUT2D eigenvalue weighted by atomic mass is 32.2. The summed E-state index contributed by atoms with van der Waals surface area (Å²) < 4.78 is 0. The normalized spacial score (nSPS) is 10.2. The molecule has 1 aromatic rings. The van der Waals surface area contributed by atoms with Crippen LogP contribution in [0.15, 0.2) is 17.4 Å². The third-order valence-corrected chi connectivity index (χ3v) is 2.07. The van der Waals surface area contributed by atoms with Gasteiger partial charge in [0.2, 0.25) is 0 Å². The maximum Gasteiger partial charge on any atom is 0.187 e. The Balaban J connectivity index is 2.60. The number of hydrogen-bond acceptors (Lipinski definition) is 4. The molecule has 0 unspecified atom stereocenters. The summed E-state index contributed by atoms with van der Waals surface area (Å²) in [6.45, 7) is 0.963. The van der Waals surface area contributed by atoms with E-state index in [9.17, 15) is 0 Å². The number of nitrogens with one attached hydrogen (secondary N) is 1. The maximum atomic E-state index is 4.34. The molecule has 66 valence electrons. The number of likely N-dealkylation sites (N-methyl/N-ethyl adjacent to an activating group) is 1. The molecule has 1 rings (SSSR count). The molecule has 0 fully saturated rings. The molecule has 0 radical (unpaired) electrons. The van der Waals surface area contributed by atoms with Crippen molar-refractivity contribution in [2.75, 3.05) is 19.8 Å². The summed E-state index contributed by atoms with van der Waals surface area (Å²) in [5, 5.41) is 3.94. The lowest BCUT2D eigenvalue weighted by Crippen LogP contribution is -2.11. The molecule has 12 heavy (non-hydrogen) atoms. The number of nitrogens with zero attached hydrogens (tertiary/aromatic N) is 2. The van der Waals surface area contributed by atoms with Crippen LogP contribution in [0.5, 0.6) is 0 Å². The molecule has 0 aromatic carbocycles. The molecule has 0 aliphatic carbocycles. The second-order valence-electron chi connectivity index (χ2n) is 2.39. The Hall–Kier alpha value is -0.610. The van der Waals surface area contributed by atoms with E-state index in [-0.39, 0.29) is 0 Å². The predicted octanol–water partition coefficient (Wildman–Crippen LogP) is 0.960. The first-order valence-electron chi connectivity index (χ1n) is 3.87. The Morgan fingerprint density at radius 1 is 1.58 bits per heavy atom. The van der Waals surface area contributed by atoms with E-state index in [1.807, 2.05) is 25.6 Å². The summed E-state index contributed by atoms with van der Waals surface area (Å²) in [7, 11) is 1.94. The van der Waals surface area contributed by atoms with Gasteiger partial charge in [0.15, 0.2) is 5.16 Å². The zero-order valence-electron chi connectivity index (χ0n) is 7.37. The topological polar surface area (TPSA) is 37.8 Å². The predicted molar refractivity (Wildman–Crippen MR) is 51.4 cm³/mol. The first kappa shape index (κ1) is 9.48. The Morgan fingerprint density at radius 3 is 3.08 bits per heavy atom.